The van der Waals surface area contributed by atoms with E-state index in [9.17, 15) is 0 Å². The Balaban J connectivity index is 1.82. The van der Waals surface area contributed by atoms with E-state index in [1.54, 1.807) is 7.11 Å². The molecule has 1 aromatic carbocycles. The molecule has 0 aliphatic carbocycles. The van der Waals surface area contributed by atoms with Crippen LogP contribution in [0.1, 0.15) is 5.69 Å². The number of methoxy groups -OCH3 is 1. The molecule has 4 heteroatoms. The van der Waals surface area contributed by atoms with Crippen molar-refractivity contribution < 1.29 is 9.47 Å². The van der Waals surface area contributed by atoms with Gasteiger partial charge in [-0.05, 0) is 24.3 Å². The van der Waals surface area contributed by atoms with E-state index < -0.39 is 0 Å². The number of fused-ring (bicyclic) bond motifs is 1. The molecule has 0 spiro atoms. The molecule has 96 valence electrons. The number of pyridine rings is 1. The summed E-state index contributed by atoms with van der Waals surface area (Å²) < 4.78 is 13.1. The highest BCUT2D eigenvalue weighted by Crippen LogP contribution is 2.26. The molecule has 3 aromatic rings. The molecule has 0 fully saturated rings. The van der Waals surface area contributed by atoms with Crippen LogP contribution in [0.15, 0.2) is 54.9 Å². The van der Waals surface area contributed by atoms with Crippen molar-refractivity contribution in [3.63, 3.8) is 0 Å². The van der Waals surface area contributed by atoms with Crippen LogP contribution in [0.5, 0.6) is 11.5 Å². The number of aromatic nitrogens is 2. The van der Waals surface area contributed by atoms with Crippen molar-refractivity contribution in [2.75, 3.05) is 7.11 Å². The van der Waals surface area contributed by atoms with Crippen LogP contribution in [0.25, 0.3) is 5.65 Å². The van der Waals surface area contributed by atoms with E-state index in [0.29, 0.717) is 6.61 Å². The Hall–Kier alpha value is -2.49. The van der Waals surface area contributed by atoms with Gasteiger partial charge >= 0.3 is 0 Å². The molecule has 0 aliphatic rings. The van der Waals surface area contributed by atoms with Crippen LogP contribution in [-0.2, 0) is 6.61 Å². The minimum atomic E-state index is 0.450. The Bertz CT molecular complexity index is 691. The Morgan fingerprint density at radius 1 is 1.05 bits per heavy atom. The summed E-state index contributed by atoms with van der Waals surface area (Å²) in [4.78, 5) is 4.33. The maximum Gasteiger partial charge on any atom is 0.161 e. The van der Waals surface area contributed by atoms with E-state index in [1.165, 1.54) is 0 Å². The van der Waals surface area contributed by atoms with Crippen molar-refractivity contribution in [2.24, 2.45) is 0 Å². The molecule has 0 saturated heterocycles. The van der Waals surface area contributed by atoms with Crippen LogP contribution in [0, 0.1) is 0 Å². The van der Waals surface area contributed by atoms with Crippen LogP contribution < -0.4 is 9.47 Å². The van der Waals surface area contributed by atoms with Crippen LogP contribution in [0.2, 0.25) is 0 Å². The molecule has 0 atom stereocenters. The first kappa shape index (κ1) is 11.6. The average molecular weight is 254 g/mol. The second-order valence-electron chi connectivity index (χ2n) is 4.12. The highest BCUT2D eigenvalue weighted by molar-refractivity contribution is 5.41. The minimum absolute atomic E-state index is 0.450. The van der Waals surface area contributed by atoms with Crippen molar-refractivity contribution >= 4 is 5.65 Å². The van der Waals surface area contributed by atoms with Gasteiger partial charge in [0.2, 0.25) is 0 Å². The first-order chi connectivity index (χ1) is 9.38. The van der Waals surface area contributed by atoms with Gasteiger partial charge in [0, 0.05) is 6.20 Å². The fraction of sp³-hybridized carbons (Fsp3) is 0.133. The largest absolute Gasteiger partial charge is 0.493 e. The van der Waals surface area contributed by atoms with Gasteiger partial charge in [-0.15, -0.1) is 0 Å². The van der Waals surface area contributed by atoms with Gasteiger partial charge < -0.3 is 13.9 Å². The highest BCUT2D eigenvalue weighted by Gasteiger charge is 2.06. The van der Waals surface area contributed by atoms with Crippen molar-refractivity contribution in [1.82, 2.24) is 9.38 Å². The molecule has 0 bridgehead atoms. The van der Waals surface area contributed by atoms with E-state index >= 15 is 0 Å². The predicted molar refractivity (Wildman–Crippen MR) is 72.5 cm³/mol. The summed E-state index contributed by atoms with van der Waals surface area (Å²) in [5, 5.41) is 0. The average Bonchev–Trinajstić information content (AvgIpc) is 2.89. The number of nitrogens with zero attached hydrogens (tertiary/aromatic N) is 2. The van der Waals surface area contributed by atoms with Crippen LogP contribution >= 0.6 is 0 Å². The zero-order chi connectivity index (χ0) is 13.1. The fourth-order valence-corrected chi connectivity index (χ4v) is 1.98. The Labute approximate surface area is 111 Å². The SMILES string of the molecule is COc1ccccc1OCc1cnc2ccccn12. The van der Waals surface area contributed by atoms with E-state index in [2.05, 4.69) is 4.98 Å². The molecular formula is C15H14N2O2. The lowest BCUT2D eigenvalue weighted by Gasteiger charge is -2.09. The van der Waals surface area contributed by atoms with Crippen molar-refractivity contribution in [3.8, 4) is 11.5 Å². The third kappa shape index (κ3) is 2.25. The lowest BCUT2D eigenvalue weighted by molar-refractivity contribution is 0.280. The molecule has 4 nitrogen and oxygen atoms in total. The number of benzene rings is 1. The number of hydrogen-bond acceptors (Lipinski definition) is 3. The van der Waals surface area contributed by atoms with E-state index in [-0.39, 0.29) is 0 Å². The van der Waals surface area contributed by atoms with Crippen LogP contribution in [-0.4, -0.2) is 16.5 Å². The number of rotatable bonds is 4. The molecule has 0 saturated carbocycles. The Morgan fingerprint density at radius 2 is 1.84 bits per heavy atom. The van der Waals surface area contributed by atoms with Gasteiger partial charge in [0.25, 0.3) is 0 Å². The second-order valence-corrected chi connectivity index (χ2v) is 4.12. The third-order valence-electron chi connectivity index (χ3n) is 2.94. The molecule has 19 heavy (non-hydrogen) atoms. The number of para-hydroxylation sites is 2. The summed E-state index contributed by atoms with van der Waals surface area (Å²) in [5.41, 5.74) is 1.92. The zero-order valence-corrected chi connectivity index (χ0v) is 10.6. The topological polar surface area (TPSA) is 35.8 Å². The van der Waals surface area contributed by atoms with Gasteiger partial charge in [-0.25, -0.2) is 4.98 Å². The molecule has 2 heterocycles. The van der Waals surface area contributed by atoms with Gasteiger partial charge in [0.1, 0.15) is 12.3 Å². The maximum absolute atomic E-state index is 5.79. The summed E-state index contributed by atoms with van der Waals surface area (Å²) in [6.07, 6.45) is 3.80. The summed E-state index contributed by atoms with van der Waals surface area (Å²) in [6, 6.07) is 13.5. The normalized spacial score (nSPS) is 10.6. The first-order valence-electron chi connectivity index (χ1n) is 6.05. The summed E-state index contributed by atoms with van der Waals surface area (Å²) in [7, 11) is 1.64. The number of ether oxygens (including phenoxy) is 2. The van der Waals surface area contributed by atoms with E-state index in [1.807, 2.05) is 59.3 Å². The van der Waals surface area contributed by atoms with E-state index in [4.69, 9.17) is 9.47 Å². The van der Waals surface area contributed by atoms with Gasteiger partial charge in [0.15, 0.2) is 11.5 Å². The summed E-state index contributed by atoms with van der Waals surface area (Å²) >= 11 is 0. The summed E-state index contributed by atoms with van der Waals surface area (Å²) in [6.45, 7) is 0.450. The molecule has 0 unspecified atom stereocenters. The van der Waals surface area contributed by atoms with Crippen LogP contribution in [0.3, 0.4) is 0 Å². The first-order valence-corrected chi connectivity index (χ1v) is 6.05. The second kappa shape index (κ2) is 5.02. The van der Waals surface area contributed by atoms with Gasteiger partial charge in [-0.2, -0.15) is 0 Å². The minimum Gasteiger partial charge on any atom is -0.493 e. The van der Waals surface area contributed by atoms with Crippen molar-refractivity contribution in [2.45, 2.75) is 6.61 Å². The molecular weight excluding hydrogens is 240 g/mol. The molecule has 0 radical (unpaired) electrons. The van der Waals surface area contributed by atoms with Crippen molar-refractivity contribution in [1.29, 1.82) is 0 Å². The fourth-order valence-electron chi connectivity index (χ4n) is 1.98. The molecule has 2 aromatic heterocycles. The third-order valence-corrected chi connectivity index (χ3v) is 2.94. The molecule has 0 amide bonds. The van der Waals surface area contributed by atoms with Gasteiger partial charge in [-0.3, -0.25) is 0 Å². The molecule has 0 aliphatic heterocycles. The lowest BCUT2D eigenvalue weighted by atomic mass is 10.3. The number of imidazole rings is 1. The van der Waals surface area contributed by atoms with Crippen molar-refractivity contribution in [3.05, 3.63) is 60.6 Å². The quantitative estimate of drug-likeness (QED) is 0.718. The monoisotopic (exact) mass is 254 g/mol. The van der Waals surface area contributed by atoms with E-state index in [0.717, 1.165) is 22.8 Å². The molecule has 0 N–H and O–H groups in total. The van der Waals surface area contributed by atoms with Crippen LogP contribution in [0.4, 0.5) is 0 Å². The number of hydrogen-bond donors (Lipinski definition) is 0. The zero-order valence-electron chi connectivity index (χ0n) is 10.6. The van der Waals surface area contributed by atoms with Gasteiger partial charge in [-0.1, -0.05) is 18.2 Å². The maximum atomic E-state index is 5.79. The smallest absolute Gasteiger partial charge is 0.161 e. The predicted octanol–water partition coefficient (Wildman–Crippen LogP) is 2.92. The standard InChI is InChI=1S/C15H14N2O2/c1-18-13-6-2-3-7-14(13)19-11-12-10-16-15-8-4-5-9-17(12)15/h2-10H,11H2,1H3. The Morgan fingerprint density at radius 3 is 2.68 bits per heavy atom. The van der Waals surface area contributed by atoms with Gasteiger partial charge in [0.05, 0.1) is 19.0 Å². The molecule has 3 rings (SSSR count). The summed E-state index contributed by atoms with van der Waals surface area (Å²) in [5.74, 6) is 1.47. The Kier molecular flexibility index (Phi) is 3.06. The highest BCUT2D eigenvalue weighted by atomic mass is 16.5. The lowest BCUT2D eigenvalue weighted by Crippen LogP contribution is -2.00.